The molecule has 1 aliphatic rings. The van der Waals surface area contributed by atoms with Crippen LogP contribution in [0.1, 0.15) is 12.0 Å². The largest absolute Gasteiger partial charge is 0.271 e. The number of aryl methyl sites for hydroxylation is 1. The van der Waals surface area contributed by atoms with Crippen LogP contribution < -0.4 is 0 Å². The molecule has 0 aromatic heterocycles. The molecular weight excluding hydrogens is 210 g/mol. The van der Waals surface area contributed by atoms with Gasteiger partial charge in [-0.3, -0.25) is 4.99 Å². The zero-order valence-electron chi connectivity index (χ0n) is 8.19. The Labute approximate surface area is 93.4 Å². The molecule has 0 aliphatic carbocycles. The first-order chi connectivity index (χ1) is 6.84. The van der Waals surface area contributed by atoms with Gasteiger partial charge in [-0.05, 0) is 25.5 Å². The minimum absolute atomic E-state index is 1.00. The SMILES string of the molecule is Cc1ccc(SC2=NCCCS2)cc1. The minimum atomic E-state index is 1.00. The van der Waals surface area contributed by atoms with Gasteiger partial charge in [0.05, 0.1) is 0 Å². The van der Waals surface area contributed by atoms with Gasteiger partial charge in [0.15, 0.2) is 0 Å². The van der Waals surface area contributed by atoms with Crippen molar-refractivity contribution in [1.82, 2.24) is 0 Å². The maximum Gasteiger partial charge on any atom is 0.129 e. The van der Waals surface area contributed by atoms with Gasteiger partial charge in [0.2, 0.25) is 0 Å². The molecule has 14 heavy (non-hydrogen) atoms. The number of nitrogens with zero attached hydrogens (tertiary/aromatic N) is 1. The van der Waals surface area contributed by atoms with E-state index in [0.717, 1.165) is 6.54 Å². The van der Waals surface area contributed by atoms with E-state index in [1.807, 2.05) is 11.8 Å². The van der Waals surface area contributed by atoms with Gasteiger partial charge < -0.3 is 0 Å². The Morgan fingerprint density at radius 2 is 2.07 bits per heavy atom. The summed E-state index contributed by atoms with van der Waals surface area (Å²) in [5.74, 6) is 1.22. The van der Waals surface area contributed by atoms with Crippen LogP contribution in [0.3, 0.4) is 0 Å². The van der Waals surface area contributed by atoms with Crippen molar-refractivity contribution in [3.8, 4) is 0 Å². The summed E-state index contributed by atoms with van der Waals surface area (Å²) in [6.07, 6.45) is 1.22. The normalized spacial score (nSPS) is 16.5. The summed E-state index contributed by atoms with van der Waals surface area (Å²) < 4.78 is 1.22. The van der Waals surface area contributed by atoms with Crippen LogP contribution in [0.25, 0.3) is 0 Å². The lowest BCUT2D eigenvalue weighted by Gasteiger charge is -2.10. The highest BCUT2D eigenvalue weighted by Crippen LogP contribution is 2.28. The van der Waals surface area contributed by atoms with E-state index >= 15 is 0 Å². The van der Waals surface area contributed by atoms with Crippen molar-refractivity contribution in [1.29, 1.82) is 0 Å². The zero-order valence-corrected chi connectivity index (χ0v) is 9.83. The van der Waals surface area contributed by atoms with Crippen LogP contribution in [0.5, 0.6) is 0 Å². The predicted octanol–water partition coefficient (Wildman–Crippen LogP) is 3.58. The number of aliphatic imine (C=N–C) groups is 1. The monoisotopic (exact) mass is 223 g/mol. The molecule has 2 rings (SSSR count). The van der Waals surface area contributed by atoms with Crippen LogP contribution >= 0.6 is 23.5 Å². The molecule has 0 radical (unpaired) electrons. The van der Waals surface area contributed by atoms with E-state index in [1.165, 1.54) is 27.0 Å². The quantitative estimate of drug-likeness (QED) is 0.721. The summed E-state index contributed by atoms with van der Waals surface area (Å²) in [5, 5.41) is 0. The highest BCUT2D eigenvalue weighted by molar-refractivity contribution is 8.38. The van der Waals surface area contributed by atoms with Crippen LogP contribution in [-0.2, 0) is 0 Å². The second-order valence-electron chi connectivity index (χ2n) is 3.26. The van der Waals surface area contributed by atoms with Gasteiger partial charge in [0.25, 0.3) is 0 Å². The molecule has 0 unspecified atom stereocenters. The smallest absolute Gasteiger partial charge is 0.129 e. The molecule has 0 amide bonds. The fraction of sp³-hybridized carbons (Fsp3) is 0.364. The lowest BCUT2D eigenvalue weighted by atomic mass is 10.2. The van der Waals surface area contributed by atoms with Gasteiger partial charge in [-0.2, -0.15) is 0 Å². The number of hydrogen-bond acceptors (Lipinski definition) is 3. The summed E-state index contributed by atoms with van der Waals surface area (Å²) in [5.41, 5.74) is 1.31. The molecule has 0 spiro atoms. The summed E-state index contributed by atoms with van der Waals surface area (Å²) in [4.78, 5) is 5.78. The molecule has 0 atom stereocenters. The molecule has 1 aromatic carbocycles. The molecule has 0 saturated carbocycles. The molecular formula is C11H13NS2. The Balaban J connectivity index is 2.03. The van der Waals surface area contributed by atoms with Crippen molar-refractivity contribution >= 4 is 27.9 Å². The van der Waals surface area contributed by atoms with Crippen LogP contribution in [-0.4, -0.2) is 16.7 Å². The van der Waals surface area contributed by atoms with Crippen LogP contribution in [0.15, 0.2) is 34.2 Å². The average Bonchev–Trinajstić information content (AvgIpc) is 2.23. The molecule has 1 heterocycles. The second-order valence-corrected chi connectivity index (χ2v) is 5.67. The van der Waals surface area contributed by atoms with E-state index in [-0.39, 0.29) is 0 Å². The number of rotatable bonds is 1. The van der Waals surface area contributed by atoms with Crippen molar-refractivity contribution in [2.24, 2.45) is 4.99 Å². The molecule has 1 aromatic rings. The predicted molar refractivity (Wildman–Crippen MR) is 66.4 cm³/mol. The first-order valence-corrected chi connectivity index (χ1v) is 6.56. The summed E-state index contributed by atoms with van der Waals surface area (Å²) in [6.45, 7) is 3.11. The molecule has 3 heteroatoms. The topological polar surface area (TPSA) is 12.4 Å². The van der Waals surface area contributed by atoms with Gasteiger partial charge in [-0.15, -0.1) is 0 Å². The highest BCUT2D eigenvalue weighted by atomic mass is 32.2. The third kappa shape index (κ3) is 2.79. The zero-order chi connectivity index (χ0) is 9.80. The maximum absolute atomic E-state index is 4.49. The lowest BCUT2D eigenvalue weighted by molar-refractivity contribution is 0.942. The first kappa shape index (κ1) is 10.1. The second kappa shape index (κ2) is 4.89. The summed E-state index contributed by atoms with van der Waals surface area (Å²) in [7, 11) is 0. The average molecular weight is 223 g/mol. The van der Waals surface area contributed by atoms with Gasteiger partial charge in [-0.25, -0.2) is 0 Å². The maximum atomic E-state index is 4.49. The number of benzene rings is 1. The van der Waals surface area contributed by atoms with E-state index in [0.29, 0.717) is 0 Å². The van der Waals surface area contributed by atoms with Crippen molar-refractivity contribution in [2.75, 3.05) is 12.3 Å². The third-order valence-corrected chi connectivity index (χ3v) is 4.28. The van der Waals surface area contributed by atoms with E-state index in [2.05, 4.69) is 36.2 Å². The highest BCUT2D eigenvalue weighted by Gasteiger charge is 2.07. The van der Waals surface area contributed by atoms with Crippen molar-refractivity contribution in [2.45, 2.75) is 18.2 Å². The van der Waals surface area contributed by atoms with E-state index < -0.39 is 0 Å². The van der Waals surface area contributed by atoms with E-state index in [1.54, 1.807) is 11.8 Å². The third-order valence-electron chi connectivity index (χ3n) is 2.00. The molecule has 0 N–H and O–H groups in total. The fourth-order valence-electron chi connectivity index (χ4n) is 1.21. The standard InChI is InChI=1S/C11H13NS2/c1-9-3-5-10(6-4-9)14-11-12-7-2-8-13-11/h3-6H,2,7-8H2,1H3. The molecule has 0 saturated heterocycles. The minimum Gasteiger partial charge on any atom is -0.271 e. The van der Waals surface area contributed by atoms with Crippen LogP contribution in [0, 0.1) is 6.92 Å². The van der Waals surface area contributed by atoms with Gasteiger partial charge in [0, 0.05) is 17.2 Å². The molecule has 74 valence electrons. The Bertz CT molecular complexity index is 330. The fourth-order valence-corrected chi connectivity index (χ4v) is 3.24. The Kier molecular flexibility index (Phi) is 3.54. The van der Waals surface area contributed by atoms with E-state index in [4.69, 9.17) is 0 Å². The van der Waals surface area contributed by atoms with Crippen LogP contribution in [0.2, 0.25) is 0 Å². The molecule has 0 bridgehead atoms. The lowest BCUT2D eigenvalue weighted by Crippen LogP contribution is -1.99. The van der Waals surface area contributed by atoms with Crippen molar-refractivity contribution < 1.29 is 0 Å². The van der Waals surface area contributed by atoms with Gasteiger partial charge in [-0.1, -0.05) is 41.2 Å². The first-order valence-electron chi connectivity index (χ1n) is 4.76. The van der Waals surface area contributed by atoms with Crippen LogP contribution in [0.4, 0.5) is 0 Å². The van der Waals surface area contributed by atoms with Gasteiger partial charge in [0.1, 0.15) is 4.38 Å². The Morgan fingerprint density at radius 3 is 2.71 bits per heavy atom. The summed E-state index contributed by atoms with van der Waals surface area (Å²) >= 11 is 3.66. The van der Waals surface area contributed by atoms with E-state index in [9.17, 15) is 0 Å². The number of thioether (sulfide) groups is 2. The van der Waals surface area contributed by atoms with Gasteiger partial charge >= 0.3 is 0 Å². The number of hydrogen-bond donors (Lipinski definition) is 0. The van der Waals surface area contributed by atoms with Crippen molar-refractivity contribution in [3.63, 3.8) is 0 Å². The Hall–Kier alpha value is -0.410. The molecule has 1 aliphatic heterocycles. The molecule has 1 nitrogen and oxygen atoms in total. The van der Waals surface area contributed by atoms with Crippen molar-refractivity contribution in [3.05, 3.63) is 29.8 Å². The molecule has 0 fully saturated rings. The Morgan fingerprint density at radius 1 is 1.29 bits per heavy atom. The summed E-state index contributed by atoms with van der Waals surface area (Å²) in [6, 6.07) is 8.63.